The number of benzene rings is 1. The molecule has 0 unspecified atom stereocenters. The van der Waals surface area contributed by atoms with Crippen molar-refractivity contribution in [1.29, 1.82) is 0 Å². The van der Waals surface area contributed by atoms with Crippen LogP contribution in [0.5, 0.6) is 0 Å². The summed E-state index contributed by atoms with van der Waals surface area (Å²) < 4.78 is 14.7. The van der Waals surface area contributed by atoms with E-state index in [-0.39, 0.29) is 5.83 Å². The number of allylic oxidation sites excluding steroid dienone is 2. The Labute approximate surface area is 139 Å². The number of halogens is 2. The summed E-state index contributed by atoms with van der Waals surface area (Å²) in [6.45, 7) is 7.22. The molecule has 0 N–H and O–H groups in total. The number of hydrogen-bond donors (Lipinski definition) is 0. The molecule has 3 rings (SSSR count). The van der Waals surface area contributed by atoms with Crippen molar-refractivity contribution in [2.45, 2.75) is 26.7 Å². The molecule has 0 radical (unpaired) electrons. The van der Waals surface area contributed by atoms with Crippen molar-refractivity contribution in [2.75, 3.05) is 0 Å². The third-order valence-electron chi connectivity index (χ3n) is 3.73. The lowest BCUT2D eigenvalue weighted by atomic mass is 9.97. The van der Waals surface area contributed by atoms with Gasteiger partial charge in [-0.15, -0.1) is 10.2 Å². The van der Waals surface area contributed by atoms with Crippen LogP contribution in [0.25, 0.3) is 11.3 Å². The maximum absolute atomic E-state index is 12.7. The van der Waals surface area contributed by atoms with Crippen LogP contribution in [0.1, 0.15) is 29.7 Å². The van der Waals surface area contributed by atoms with Crippen LogP contribution in [0.4, 0.5) is 4.39 Å². The predicted octanol–water partition coefficient (Wildman–Crippen LogP) is 4.24. The molecular weight excluding hydrogens is 315 g/mol. The van der Waals surface area contributed by atoms with Crippen LogP contribution in [0.2, 0.25) is 5.02 Å². The molecule has 0 amide bonds. The van der Waals surface area contributed by atoms with Crippen molar-refractivity contribution in [2.24, 2.45) is 4.99 Å². The zero-order valence-electron chi connectivity index (χ0n) is 13.0. The van der Waals surface area contributed by atoms with E-state index in [4.69, 9.17) is 11.6 Å². The summed E-state index contributed by atoms with van der Waals surface area (Å²) in [7, 11) is 0. The Bertz CT molecular complexity index is 845. The van der Waals surface area contributed by atoms with Gasteiger partial charge in [-0.2, -0.15) is 0 Å². The highest BCUT2D eigenvalue weighted by Gasteiger charge is 2.22. The average Bonchev–Trinajstić information content (AvgIpc) is 2.88. The fourth-order valence-corrected chi connectivity index (χ4v) is 3.02. The molecule has 2 aromatic rings. The van der Waals surface area contributed by atoms with Gasteiger partial charge in [-0.3, -0.25) is 9.56 Å². The van der Waals surface area contributed by atoms with Crippen molar-refractivity contribution >= 4 is 23.4 Å². The van der Waals surface area contributed by atoms with Gasteiger partial charge in [-0.25, -0.2) is 4.39 Å². The Morgan fingerprint density at radius 2 is 2.17 bits per heavy atom. The molecule has 4 nitrogen and oxygen atoms in total. The molecule has 1 aromatic heterocycles. The molecule has 0 saturated carbocycles. The molecule has 1 aliphatic heterocycles. The van der Waals surface area contributed by atoms with Crippen LogP contribution < -0.4 is 0 Å². The Kier molecular flexibility index (Phi) is 4.13. The van der Waals surface area contributed by atoms with E-state index in [1.54, 1.807) is 0 Å². The van der Waals surface area contributed by atoms with Gasteiger partial charge in [0.1, 0.15) is 17.5 Å². The maximum Gasteiger partial charge on any atom is 0.137 e. The third-order valence-corrected chi connectivity index (χ3v) is 4.02. The lowest BCUT2D eigenvalue weighted by molar-refractivity contribution is 0.637. The summed E-state index contributed by atoms with van der Waals surface area (Å²) in [5.74, 6) is 1.39. The monoisotopic (exact) mass is 330 g/mol. The number of fused-ring (bicyclic) bond motifs is 3. The topological polar surface area (TPSA) is 43.1 Å². The van der Waals surface area contributed by atoms with E-state index in [1.807, 2.05) is 23.6 Å². The normalized spacial score (nSPS) is 14.0. The first-order valence-corrected chi connectivity index (χ1v) is 7.63. The molecule has 2 heterocycles. The molecule has 1 aliphatic rings. The minimum atomic E-state index is -0.354. The fraction of sp³-hybridized carbons (Fsp3) is 0.235. The highest BCUT2D eigenvalue weighted by atomic mass is 35.5. The summed E-state index contributed by atoms with van der Waals surface area (Å²) >= 11 is 6.50. The number of hydrogen-bond acceptors (Lipinski definition) is 3. The highest BCUT2D eigenvalue weighted by Crippen LogP contribution is 2.33. The summed E-state index contributed by atoms with van der Waals surface area (Å²) in [6.07, 6.45) is 4.34. The molecule has 0 bridgehead atoms. The lowest BCUT2D eigenvalue weighted by Crippen LogP contribution is -2.14. The zero-order chi connectivity index (χ0) is 16.6. The Hall–Kier alpha value is -2.27. The fourth-order valence-electron chi connectivity index (χ4n) is 2.69. The van der Waals surface area contributed by atoms with Crippen LogP contribution in [-0.2, 0) is 12.8 Å². The summed E-state index contributed by atoms with van der Waals surface area (Å²) in [5.41, 5.74) is 3.60. The van der Waals surface area contributed by atoms with Crippen molar-refractivity contribution in [3.8, 4) is 5.69 Å². The first-order valence-electron chi connectivity index (χ1n) is 7.26. The van der Waals surface area contributed by atoms with Crippen LogP contribution in [0, 0.1) is 6.92 Å². The van der Waals surface area contributed by atoms with E-state index < -0.39 is 0 Å². The van der Waals surface area contributed by atoms with E-state index in [0.717, 1.165) is 47.5 Å². The SMILES string of the molecule is C=C(C=N/C=C(\C)F)c1cc(Cl)c2c(c1)CCc1nnc(C)n1-2. The van der Waals surface area contributed by atoms with Gasteiger partial charge in [0.2, 0.25) is 0 Å². The summed E-state index contributed by atoms with van der Waals surface area (Å²) in [5, 5.41) is 8.93. The van der Waals surface area contributed by atoms with E-state index >= 15 is 0 Å². The van der Waals surface area contributed by atoms with E-state index in [0.29, 0.717) is 10.6 Å². The Morgan fingerprint density at radius 3 is 2.91 bits per heavy atom. The molecule has 0 atom stereocenters. The number of rotatable bonds is 3. The Balaban J connectivity index is 2.01. The summed E-state index contributed by atoms with van der Waals surface area (Å²) in [6, 6.07) is 3.89. The summed E-state index contributed by atoms with van der Waals surface area (Å²) in [4.78, 5) is 3.90. The first-order chi connectivity index (χ1) is 11.0. The molecule has 0 fully saturated rings. The molecule has 6 heteroatoms. The van der Waals surface area contributed by atoms with Gasteiger partial charge >= 0.3 is 0 Å². The van der Waals surface area contributed by atoms with Gasteiger partial charge in [0.05, 0.1) is 16.9 Å². The highest BCUT2D eigenvalue weighted by molar-refractivity contribution is 6.33. The minimum absolute atomic E-state index is 0.354. The second-order valence-electron chi connectivity index (χ2n) is 5.48. The first kappa shape index (κ1) is 15.6. The van der Waals surface area contributed by atoms with Gasteiger partial charge in [0.25, 0.3) is 0 Å². The maximum atomic E-state index is 12.7. The van der Waals surface area contributed by atoms with Gasteiger partial charge in [0, 0.05) is 12.6 Å². The van der Waals surface area contributed by atoms with Gasteiger partial charge in [-0.1, -0.05) is 18.2 Å². The van der Waals surface area contributed by atoms with Crippen LogP contribution >= 0.6 is 11.6 Å². The average molecular weight is 331 g/mol. The van der Waals surface area contributed by atoms with Crippen molar-refractivity contribution < 1.29 is 4.39 Å². The standard InChI is InChI=1S/C17H16ClFN4/c1-10(8-20-9-11(2)19)14-6-13-4-5-16-22-21-12(3)23(16)17(13)15(18)7-14/h6-9H,1,4-5H2,2-3H3/b11-9+,20-8?. The number of aryl methyl sites for hydroxylation is 3. The molecular formula is C17H16ClFN4. The van der Waals surface area contributed by atoms with Crippen LogP contribution in [0.15, 0.2) is 35.7 Å². The molecule has 0 saturated heterocycles. The second-order valence-corrected chi connectivity index (χ2v) is 5.89. The van der Waals surface area contributed by atoms with Gasteiger partial charge in [-0.05, 0) is 49.1 Å². The number of aromatic nitrogens is 3. The number of aliphatic imine (C=N–C) groups is 1. The van der Waals surface area contributed by atoms with Gasteiger partial charge in [0.15, 0.2) is 0 Å². The zero-order valence-corrected chi connectivity index (χ0v) is 13.7. The van der Waals surface area contributed by atoms with Crippen LogP contribution in [0.3, 0.4) is 0 Å². The lowest BCUT2D eigenvalue weighted by Gasteiger charge is -2.21. The quantitative estimate of drug-likeness (QED) is 0.790. The molecule has 23 heavy (non-hydrogen) atoms. The van der Waals surface area contributed by atoms with Crippen molar-refractivity contribution in [3.63, 3.8) is 0 Å². The van der Waals surface area contributed by atoms with E-state index in [2.05, 4.69) is 21.8 Å². The van der Waals surface area contributed by atoms with E-state index in [1.165, 1.54) is 13.1 Å². The largest absolute Gasteiger partial charge is 0.281 e. The predicted molar refractivity (Wildman–Crippen MR) is 90.9 cm³/mol. The van der Waals surface area contributed by atoms with Crippen molar-refractivity contribution in [3.05, 3.63) is 58.5 Å². The van der Waals surface area contributed by atoms with E-state index in [9.17, 15) is 4.39 Å². The smallest absolute Gasteiger partial charge is 0.137 e. The van der Waals surface area contributed by atoms with Gasteiger partial charge < -0.3 is 0 Å². The molecule has 1 aromatic carbocycles. The molecule has 118 valence electrons. The Morgan fingerprint density at radius 1 is 1.39 bits per heavy atom. The molecule has 0 aliphatic carbocycles. The minimum Gasteiger partial charge on any atom is -0.281 e. The molecule has 0 spiro atoms. The number of nitrogens with zero attached hydrogens (tertiary/aromatic N) is 4. The second kappa shape index (κ2) is 6.08. The van der Waals surface area contributed by atoms with Crippen LogP contribution in [-0.4, -0.2) is 21.0 Å². The van der Waals surface area contributed by atoms with Crippen molar-refractivity contribution in [1.82, 2.24) is 14.8 Å². The third kappa shape index (κ3) is 2.97.